The van der Waals surface area contributed by atoms with Gasteiger partial charge in [-0.05, 0) is 44.4 Å². The highest BCUT2D eigenvalue weighted by molar-refractivity contribution is 9.10. The van der Waals surface area contributed by atoms with Crippen molar-refractivity contribution in [3.63, 3.8) is 0 Å². The highest BCUT2D eigenvalue weighted by Crippen LogP contribution is 2.25. The zero-order valence-electron chi connectivity index (χ0n) is 12.0. The van der Waals surface area contributed by atoms with E-state index in [1.807, 2.05) is 30.0 Å². The van der Waals surface area contributed by atoms with Gasteiger partial charge in [-0.3, -0.25) is 9.89 Å². The number of rotatable bonds is 2. The number of hydrogen-bond donors (Lipinski definition) is 2. The van der Waals surface area contributed by atoms with Crippen LogP contribution in [-0.4, -0.2) is 39.6 Å². The Hall–Kier alpha value is -1.40. The van der Waals surface area contributed by atoms with Gasteiger partial charge in [-0.1, -0.05) is 15.9 Å². The van der Waals surface area contributed by atoms with Gasteiger partial charge in [0.25, 0.3) is 5.91 Å². The largest absolute Gasteiger partial charge is 0.333 e. The van der Waals surface area contributed by atoms with Crippen molar-refractivity contribution in [1.29, 1.82) is 0 Å². The highest BCUT2D eigenvalue weighted by atomic mass is 79.9. The first-order valence-corrected chi connectivity index (χ1v) is 8.07. The van der Waals surface area contributed by atoms with Crippen molar-refractivity contribution in [1.82, 2.24) is 15.1 Å². The summed E-state index contributed by atoms with van der Waals surface area (Å²) < 4.78 is 0.938. The average Bonchev–Trinajstić information content (AvgIpc) is 2.89. The van der Waals surface area contributed by atoms with Gasteiger partial charge in [0.05, 0.1) is 5.52 Å². The molecule has 1 aromatic carbocycles. The second-order valence-electron chi connectivity index (χ2n) is 5.68. The Morgan fingerprint density at radius 3 is 3.10 bits per heavy atom. The van der Waals surface area contributed by atoms with Crippen LogP contribution in [0.15, 0.2) is 22.7 Å². The minimum absolute atomic E-state index is 0.0220. The maximum Gasteiger partial charge on any atom is 0.275 e. The highest BCUT2D eigenvalue weighted by Gasteiger charge is 2.31. The van der Waals surface area contributed by atoms with E-state index in [4.69, 9.17) is 5.73 Å². The van der Waals surface area contributed by atoms with Crippen molar-refractivity contribution in [2.45, 2.75) is 38.3 Å². The van der Waals surface area contributed by atoms with Gasteiger partial charge in [0.15, 0.2) is 5.69 Å². The topological polar surface area (TPSA) is 75.0 Å². The molecule has 6 heteroatoms. The van der Waals surface area contributed by atoms with Crippen LogP contribution in [0.25, 0.3) is 10.9 Å². The summed E-state index contributed by atoms with van der Waals surface area (Å²) in [5.74, 6) is -0.0265. The molecule has 1 aromatic heterocycles. The quantitative estimate of drug-likeness (QED) is 0.874. The molecule has 0 saturated carbocycles. The Morgan fingerprint density at radius 2 is 2.33 bits per heavy atom. The monoisotopic (exact) mass is 350 g/mol. The van der Waals surface area contributed by atoms with Crippen LogP contribution in [0.3, 0.4) is 0 Å². The van der Waals surface area contributed by atoms with Gasteiger partial charge in [-0.15, -0.1) is 0 Å². The summed E-state index contributed by atoms with van der Waals surface area (Å²) in [5, 5.41) is 8.01. The van der Waals surface area contributed by atoms with E-state index in [0.29, 0.717) is 5.69 Å². The van der Waals surface area contributed by atoms with Crippen LogP contribution < -0.4 is 5.73 Å². The fourth-order valence-electron chi connectivity index (χ4n) is 3.04. The lowest BCUT2D eigenvalue weighted by atomic mass is 9.96. The van der Waals surface area contributed by atoms with Gasteiger partial charge in [-0.2, -0.15) is 5.10 Å². The summed E-state index contributed by atoms with van der Waals surface area (Å²) in [7, 11) is 0. The van der Waals surface area contributed by atoms with Gasteiger partial charge in [0.2, 0.25) is 0 Å². The molecule has 5 nitrogen and oxygen atoms in total. The Balaban J connectivity index is 1.97. The van der Waals surface area contributed by atoms with Crippen molar-refractivity contribution >= 4 is 32.7 Å². The molecule has 3 N–H and O–H groups in total. The van der Waals surface area contributed by atoms with E-state index in [2.05, 4.69) is 26.1 Å². The summed E-state index contributed by atoms with van der Waals surface area (Å²) in [4.78, 5) is 14.8. The van der Waals surface area contributed by atoms with Gasteiger partial charge >= 0.3 is 0 Å². The second kappa shape index (κ2) is 5.77. The molecule has 1 aliphatic rings. The molecule has 1 amide bonds. The average molecular weight is 351 g/mol. The van der Waals surface area contributed by atoms with Crippen LogP contribution >= 0.6 is 15.9 Å². The van der Waals surface area contributed by atoms with E-state index in [0.717, 1.165) is 41.2 Å². The zero-order chi connectivity index (χ0) is 15.0. The Bertz CT molecular complexity index is 667. The van der Waals surface area contributed by atoms with E-state index in [1.54, 1.807) is 0 Å². The number of aromatic amines is 1. The van der Waals surface area contributed by atoms with E-state index in [1.165, 1.54) is 0 Å². The number of fused-ring (bicyclic) bond motifs is 1. The Morgan fingerprint density at radius 1 is 1.52 bits per heavy atom. The fourth-order valence-corrected chi connectivity index (χ4v) is 3.40. The minimum atomic E-state index is -0.0265. The van der Waals surface area contributed by atoms with Crippen LogP contribution in [0.2, 0.25) is 0 Å². The molecule has 2 aromatic rings. The number of nitrogens with one attached hydrogen (secondary N) is 1. The van der Waals surface area contributed by atoms with Crippen LogP contribution in [0, 0.1) is 0 Å². The molecule has 21 heavy (non-hydrogen) atoms. The third-order valence-corrected chi connectivity index (χ3v) is 4.64. The smallest absolute Gasteiger partial charge is 0.275 e. The number of H-pyrrole nitrogens is 1. The standard InChI is InChI=1S/C15H19BrN4O/c1-9(17)13-4-2-3-7-20(13)15(21)14-11-8-10(16)5-6-12(11)18-19-14/h5-6,8-9,13H,2-4,7,17H2,1H3,(H,18,19). The van der Waals surface area contributed by atoms with Crippen LogP contribution in [0.4, 0.5) is 0 Å². The normalized spacial score (nSPS) is 20.7. The van der Waals surface area contributed by atoms with Crippen molar-refractivity contribution in [3.05, 3.63) is 28.4 Å². The molecule has 1 fully saturated rings. The molecule has 112 valence electrons. The number of nitrogens with zero attached hydrogens (tertiary/aromatic N) is 2. The lowest BCUT2D eigenvalue weighted by Crippen LogP contribution is -2.51. The molecule has 3 rings (SSSR count). The first-order chi connectivity index (χ1) is 10.1. The Labute approximate surface area is 132 Å². The van der Waals surface area contributed by atoms with Crippen LogP contribution in [-0.2, 0) is 0 Å². The number of amides is 1. The van der Waals surface area contributed by atoms with E-state index < -0.39 is 0 Å². The number of piperidine rings is 1. The van der Waals surface area contributed by atoms with Crippen molar-refractivity contribution in [2.24, 2.45) is 5.73 Å². The molecular formula is C15H19BrN4O. The maximum atomic E-state index is 12.9. The molecule has 2 unspecified atom stereocenters. The van der Waals surface area contributed by atoms with Gasteiger partial charge in [-0.25, -0.2) is 0 Å². The molecule has 0 bridgehead atoms. The van der Waals surface area contributed by atoms with Crippen molar-refractivity contribution in [3.8, 4) is 0 Å². The minimum Gasteiger partial charge on any atom is -0.333 e. The number of aromatic nitrogens is 2. The number of halogens is 1. The van der Waals surface area contributed by atoms with Crippen LogP contribution in [0.1, 0.15) is 36.7 Å². The predicted molar refractivity (Wildman–Crippen MR) is 86.1 cm³/mol. The number of hydrogen-bond acceptors (Lipinski definition) is 3. The summed E-state index contributed by atoms with van der Waals surface area (Å²) in [5.41, 5.74) is 7.41. The number of carbonyl (C=O) groups excluding carboxylic acids is 1. The van der Waals surface area contributed by atoms with Gasteiger partial charge in [0.1, 0.15) is 0 Å². The third-order valence-electron chi connectivity index (χ3n) is 4.14. The van der Waals surface area contributed by atoms with E-state index in [9.17, 15) is 4.79 Å². The molecule has 2 heterocycles. The Kier molecular flexibility index (Phi) is 3.99. The van der Waals surface area contributed by atoms with E-state index in [-0.39, 0.29) is 18.0 Å². The maximum absolute atomic E-state index is 12.9. The predicted octanol–water partition coefficient (Wildman–Crippen LogP) is 2.67. The molecule has 0 radical (unpaired) electrons. The first kappa shape index (κ1) is 14.5. The summed E-state index contributed by atoms with van der Waals surface area (Å²) in [6, 6.07) is 5.86. The summed E-state index contributed by atoms with van der Waals surface area (Å²) >= 11 is 3.44. The number of likely N-dealkylation sites (tertiary alicyclic amines) is 1. The third kappa shape index (κ3) is 2.70. The summed E-state index contributed by atoms with van der Waals surface area (Å²) in [6.07, 6.45) is 3.12. The molecule has 1 saturated heterocycles. The van der Waals surface area contributed by atoms with Crippen LogP contribution in [0.5, 0.6) is 0 Å². The number of nitrogens with two attached hydrogens (primary N) is 1. The van der Waals surface area contributed by atoms with Gasteiger partial charge in [0, 0.05) is 28.5 Å². The molecule has 2 atom stereocenters. The molecule has 1 aliphatic heterocycles. The molecular weight excluding hydrogens is 332 g/mol. The van der Waals surface area contributed by atoms with Crippen molar-refractivity contribution < 1.29 is 4.79 Å². The van der Waals surface area contributed by atoms with Crippen molar-refractivity contribution in [2.75, 3.05) is 6.54 Å². The van der Waals surface area contributed by atoms with E-state index >= 15 is 0 Å². The zero-order valence-corrected chi connectivity index (χ0v) is 13.6. The molecule has 0 spiro atoms. The van der Waals surface area contributed by atoms with Gasteiger partial charge < -0.3 is 10.6 Å². The lowest BCUT2D eigenvalue weighted by molar-refractivity contribution is 0.0579. The number of carbonyl (C=O) groups is 1. The fraction of sp³-hybridized carbons (Fsp3) is 0.467. The summed E-state index contributed by atoms with van der Waals surface area (Å²) in [6.45, 7) is 2.73. The second-order valence-corrected chi connectivity index (χ2v) is 6.60. The SMILES string of the molecule is CC(N)C1CCCCN1C(=O)c1n[nH]c2ccc(Br)cc12. The molecule has 0 aliphatic carbocycles. The first-order valence-electron chi connectivity index (χ1n) is 7.28. The lowest BCUT2D eigenvalue weighted by Gasteiger charge is -2.37. The number of benzene rings is 1.